The van der Waals surface area contributed by atoms with Gasteiger partial charge in [-0.05, 0) is 53.9 Å². The monoisotopic (exact) mass is 314 g/mol. The van der Waals surface area contributed by atoms with E-state index >= 15 is 0 Å². The first-order valence-electron chi connectivity index (χ1n) is 6.72. The lowest BCUT2D eigenvalue weighted by Crippen LogP contribution is -1.89. The van der Waals surface area contributed by atoms with Crippen LogP contribution in [0.15, 0.2) is 48.8 Å². The third kappa shape index (κ3) is 2.21. The van der Waals surface area contributed by atoms with Crippen LogP contribution >= 0.6 is 23.2 Å². The molecule has 0 aliphatic carbocycles. The lowest BCUT2D eigenvalue weighted by molar-refractivity contribution is 1.21. The lowest BCUT2D eigenvalue weighted by atomic mass is 10.0. The van der Waals surface area contributed by atoms with E-state index in [0.29, 0.717) is 0 Å². The van der Waals surface area contributed by atoms with Crippen LogP contribution in [0.4, 0.5) is 0 Å². The molecule has 0 aliphatic rings. The molecule has 0 unspecified atom stereocenters. The Morgan fingerprint density at radius 1 is 0.714 bits per heavy atom. The van der Waals surface area contributed by atoms with Crippen molar-refractivity contribution in [3.63, 3.8) is 0 Å². The largest absolute Gasteiger partial charge is 0.360 e. The van der Waals surface area contributed by atoms with Gasteiger partial charge < -0.3 is 9.97 Å². The van der Waals surface area contributed by atoms with E-state index in [2.05, 4.69) is 22.1 Å². The summed E-state index contributed by atoms with van der Waals surface area (Å²) in [7, 11) is 0. The van der Waals surface area contributed by atoms with Gasteiger partial charge >= 0.3 is 0 Å². The maximum absolute atomic E-state index is 6.32. The summed E-state index contributed by atoms with van der Waals surface area (Å²) in [6.45, 7) is 0. The zero-order valence-corrected chi connectivity index (χ0v) is 12.6. The number of aromatic nitrogens is 2. The van der Waals surface area contributed by atoms with Gasteiger partial charge in [0.05, 0.1) is 21.1 Å². The second-order valence-electron chi connectivity index (χ2n) is 5.22. The summed E-state index contributed by atoms with van der Waals surface area (Å²) in [4.78, 5) is 6.30. The number of nitrogens with one attached hydrogen (secondary N) is 2. The number of hydrogen-bond acceptors (Lipinski definition) is 0. The molecule has 104 valence electrons. The molecule has 0 saturated heterocycles. The highest BCUT2D eigenvalue weighted by molar-refractivity contribution is 6.35. The molecule has 2 aromatic carbocycles. The zero-order valence-electron chi connectivity index (χ0n) is 11.1. The van der Waals surface area contributed by atoms with Crippen LogP contribution in [-0.2, 0) is 6.42 Å². The fourth-order valence-electron chi connectivity index (χ4n) is 2.81. The minimum Gasteiger partial charge on any atom is -0.360 e. The fraction of sp³-hybridized carbons (Fsp3) is 0.0588. The van der Waals surface area contributed by atoms with Gasteiger partial charge in [0.25, 0.3) is 0 Å². The minimum atomic E-state index is 0.751. The van der Waals surface area contributed by atoms with Gasteiger partial charge in [-0.2, -0.15) is 0 Å². The van der Waals surface area contributed by atoms with Gasteiger partial charge in [0, 0.05) is 23.2 Å². The van der Waals surface area contributed by atoms with Crippen LogP contribution in [0, 0.1) is 0 Å². The van der Waals surface area contributed by atoms with Gasteiger partial charge in [-0.1, -0.05) is 23.2 Å². The van der Waals surface area contributed by atoms with Crippen LogP contribution in [0.2, 0.25) is 10.0 Å². The quantitative estimate of drug-likeness (QED) is 0.486. The van der Waals surface area contributed by atoms with Gasteiger partial charge in [-0.25, -0.2) is 0 Å². The predicted octanol–water partition coefficient (Wildman–Crippen LogP) is 5.55. The number of aromatic amines is 2. The van der Waals surface area contributed by atoms with Crippen molar-refractivity contribution in [1.29, 1.82) is 0 Å². The van der Waals surface area contributed by atoms with Gasteiger partial charge in [0.1, 0.15) is 0 Å². The van der Waals surface area contributed by atoms with E-state index in [1.54, 1.807) is 0 Å². The molecule has 0 saturated carbocycles. The van der Waals surface area contributed by atoms with E-state index < -0.39 is 0 Å². The number of H-pyrrole nitrogens is 2. The summed E-state index contributed by atoms with van der Waals surface area (Å²) < 4.78 is 0. The Kier molecular flexibility index (Phi) is 2.95. The second kappa shape index (κ2) is 4.83. The van der Waals surface area contributed by atoms with Crippen molar-refractivity contribution in [2.24, 2.45) is 0 Å². The van der Waals surface area contributed by atoms with Crippen LogP contribution in [-0.4, -0.2) is 9.97 Å². The van der Waals surface area contributed by atoms with Crippen molar-refractivity contribution in [1.82, 2.24) is 9.97 Å². The standard InChI is InChI=1S/C17H12Cl2N2/c18-14-8-10(6-12-1-3-20-16(12)14)5-11-7-13-2-4-21-17(13)15(19)9-11/h1-4,6-9,20-21H,5H2. The Morgan fingerprint density at radius 3 is 1.67 bits per heavy atom. The van der Waals surface area contributed by atoms with Gasteiger partial charge in [-0.3, -0.25) is 0 Å². The first-order valence-corrected chi connectivity index (χ1v) is 7.47. The average molecular weight is 315 g/mol. The number of halogens is 2. The summed E-state index contributed by atoms with van der Waals surface area (Å²) in [5.41, 5.74) is 4.33. The molecule has 0 atom stereocenters. The molecule has 2 aromatic heterocycles. The first-order chi connectivity index (χ1) is 10.2. The zero-order chi connectivity index (χ0) is 14.4. The molecule has 2 nitrogen and oxygen atoms in total. The smallest absolute Gasteiger partial charge is 0.0649 e. The molecular weight excluding hydrogens is 303 g/mol. The van der Waals surface area contributed by atoms with Crippen molar-refractivity contribution < 1.29 is 0 Å². The first kappa shape index (κ1) is 12.8. The third-order valence-corrected chi connectivity index (χ3v) is 4.35. The maximum atomic E-state index is 6.32. The third-order valence-electron chi connectivity index (χ3n) is 3.75. The molecule has 2 heterocycles. The van der Waals surface area contributed by atoms with Crippen molar-refractivity contribution >= 4 is 45.0 Å². The van der Waals surface area contributed by atoms with E-state index in [1.807, 2.05) is 36.7 Å². The molecule has 0 radical (unpaired) electrons. The maximum Gasteiger partial charge on any atom is 0.0649 e. The van der Waals surface area contributed by atoms with Crippen molar-refractivity contribution in [3.05, 3.63) is 70.0 Å². The van der Waals surface area contributed by atoms with Crippen molar-refractivity contribution in [2.45, 2.75) is 6.42 Å². The summed E-state index contributed by atoms with van der Waals surface area (Å²) in [6, 6.07) is 12.4. The molecular formula is C17H12Cl2N2. The molecule has 4 aromatic rings. The molecule has 21 heavy (non-hydrogen) atoms. The topological polar surface area (TPSA) is 31.6 Å². The summed E-state index contributed by atoms with van der Waals surface area (Å²) in [5.74, 6) is 0. The van der Waals surface area contributed by atoms with Crippen molar-refractivity contribution in [2.75, 3.05) is 0 Å². The molecule has 2 N–H and O–H groups in total. The Labute approximate surface area is 131 Å². The van der Waals surface area contributed by atoms with Crippen LogP contribution in [0.25, 0.3) is 21.8 Å². The van der Waals surface area contributed by atoms with E-state index in [-0.39, 0.29) is 0 Å². The number of rotatable bonds is 2. The van der Waals surface area contributed by atoms with E-state index in [0.717, 1.165) is 38.3 Å². The fourth-order valence-corrected chi connectivity index (χ4v) is 3.42. The number of hydrogen-bond donors (Lipinski definition) is 2. The molecule has 0 aliphatic heterocycles. The molecule has 4 rings (SSSR count). The van der Waals surface area contributed by atoms with E-state index in [1.165, 1.54) is 11.1 Å². The highest BCUT2D eigenvalue weighted by Gasteiger charge is 2.07. The minimum absolute atomic E-state index is 0.751. The average Bonchev–Trinajstić information content (AvgIpc) is 3.07. The van der Waals surface area contributed by atoms with E-state index in [4.69, 9.17) is 23.2 Å². The molecule has 0 fully saturated rings. The highest BCUT2D eigenvalue weighted by atomic mass is 35.5. The summed E-state index contributed by atoms with van der Waals surface area (Å²) in [6.07, 6.45) is 4.62. The summed E-state index contributed by atoms with van der Waals surface area (Å²) >= 11 is 12.6. The highest BCUT2D eigenvalue weighted by Crippen LogP contribution is 2.28. The Hall–Kier alpha value is -1.90. The number of fused-ring (bicyclic) bond motifs is 2. The van der Waals surface area contributed by atoms with Crippen LogP contribution < -0.4 is 0 Å². The Balaban J connectivity index is 1.78. The molecule has 4 heteroatoms. The molecule has 0 bridgehead atoms. The predicted molar refractivity (Wildman–Crippen MR) is 89.4 cm³/mol. The van der Waals surface area contributed by atoms with Crippen LogP contribution in [0.1, 0.15) is 11.1 Å². The number of benzene rings is 2. The van der Waals surface area contributed by atoms with Crippen LogP contribution in [0.5, 0.6) is 0 Å². The van der Waals surface area contributed by atoms with Gasteiger partial charge in [0.2, 0.25) is 0 Å². The van der Waals surface area contributed by atoms with Crippen LogP contribution in [0.3, 0.4) is 0 Å². The molecule has 0 amide bonds. The lowest BCUT2D eigenvalue weighted by Gasteiger charge is -2.06. The van der Waals surface area contributed by atoms with Gasteiger partial charge in [0.15, 0.2) is 0 Å². The van der Waals surface area contributed by atoms with Crippen molar-refractivity contribution in [3.8, 4) is 0 Å². The van der Waals surface area contributed by atoms with E-state index in [9.17, 15) is 0 Å². The Bertz CT molecular complexity index is 872. The second-order valence-corrected chi connectivity index (χ2v) is 6.03. The van der Waals surface area contributed by atoms with Gasteiger partial charge in [-0.15, -0.1) is 0 Å². The molecule has 0 spiro atoms. The summed E-state index contributed by atoms with van der Waals surface area (Å²) in [5, 5.41) is 3.76. The SMILES string of the molecule is Clc1cc(Cc2cc(Cl)c3[nH]ccc3c2)cc2cc[nH]c12. The normalized spacial score (nSPS) is 11.5. The Morgan fingerprint density at radius 2 is 1.19 bits per heavy atom.